The van der Waals surface area contributed by atoms with Gasteiger partial charge in [-0.25, -0.2) is 18.7 Å². The molecule has 2 aromatic carbocycles. The zero-order chi connectivity index (χ0) is 34.5. The van der Waals surface area contributed by atoms with Crippen molar-refractivity contribution in [3.8, 4) is 17.3 Å². The first-order valence-electron chi connectivity index (χ1n) is 15.7. The Balaban J connectivity index is 1.32. The fourth-order valence-electron chi connectivity index (χ4n) is 5.88. The number of piperidine rings is 1. The van der Waals surface area contributed by atoms with Crippen molar-refractivity contribution in [1.29, 1.82) is 0 Å². The summed E-state index contributed by atoms with van der Waals surface area (Å²) in [6.45, 7) is 1.17. The van der Waals surface area contributed by atoms with Gasteiger partial charge in [-0.15, -0.1) is 0 Å². The molecule has 258 valence electrons. The molecule has 0 bridgehead atoms. The van der Waals surface area contributed by atoms with Gasteiger partial charge in [0.1, 0.15) is 35.5 Å². The molecule has 3 aromatic heterocycles. The largest absolute Gasteiger partial charge is 0.491 e. The van der Waals surface area contributed by atoms with Crippen LogP contribution in [0.3, 0.4) is 0 Å². The summed E-state index contributed by atoms with van der Waals surface area (Å²) in [5, 5.41) is 9.06. The summed E-state index contributed by atoms with van der Waals surface area (Å²) in [6.07, 6.45) is 0.957. The Morgan fingerprint density at radius 2 is 1.78 bits per heavy atom. The molecule has 4 heterocycles. The van der Waals surface area contributed by atoms with Gasteiger partial charge in [0.2, 0.25) is 0 Å². The number of aromatic nitrogens is 5. The van der Waals surface area contributed by atoms with Crippen molar-refractivity contribution in [1.82, 2.24) is 29.6 Å². The van der Waals surface area contributed by atoms with Gasteiger partial charge in [-0.2, -0.15) is 18.3 Å². The average Bonchev–Trinajstić information content (AvgIpc) is 3.45. The highest BCUT2D eigenvalue weighted by Gasteiger charge is 2.30. The number of hydrogen-bond donors (Lipinski definition) is 1. The van der Waals surface area contributed by atoms with E-state index < -0.39 is 24.2 Å². The number of methoxy groups -OCH3 is 1. The maximum Gasteiger partial charge on any atom is 0.390 e. The van der Waals surface area contributed by atoms with Crippen molar-refractivity contribution in [3.05, 3.63) is 88.8 Å². The van der Waals surface area contributed by atoms with Crippen molar-refractivity contribution in [2.75, 3.05) is 45.3 Å². The fraction of sp³-hybridized carbons (Fsp3) is 0.353. The van der Waals surface area contributed by atoms with Crippen molar-refractivity contribution in [2.45, 2.75) is 37.9 Å². The van der Waals surface area contributed by atoms with Crippen LogP contribution >= 0.6 is 11.6 Å². The zero-order valence-electron chi connectivity index (χ0n) is 26.5. The number of pyridine rings is 1. The molecule has 0 unspecified atom stereocenters. The molecule has 15 heteroatoms. The topological polar surface area (TPSA) is 90.2 Å². The van der Waals surface area contributed by atoms with Gasteiger partial charge in [0.25, 0.3) is 0 Å². The van der Waals surface area contributed by atoms with E-state index in [9.17, 15) is 13.2 Å². The van der Waals surface area contributed by atoms with E-state index in [1.165, 1.54) is 18.0 Å². The van der Waals surface area contributed by atoms with Crippen LogP contribution in [0.15, 0.2) is 61.1 Å². The van der Waals surface area contributed by atoms with Crippen LogP contribution in [0.25, 0.3) is 22.4 Å². The van der Waals surface area contributed by atoms with Crippen LogP contribution in [-0.2, 0) is 11.3 Å². The second kappa shape index (κ2) is 15.0. The number of ether oxygens (including phenoxy) is 2. The van der Waals surface area contributed by atoms with Crippen LogP contribution in [0.4, 0.5) is 33.5 Å². The number of benzene rings is 2. The lowest BCUT2D eigenvalue weighted by Crippen LogP contribution is -2.35. The molecule has 0 spiro atoms. The number of para-hydroxylation sites is 1. The molecule has 0 amide bonds. The van der Waals surface area contributed by atoms with E-state index in [1.54, 1.807) is 30.6 Å². The fourth-order valence-corrected chi connectivity index (χ4v) is 6.05. The van der Waals surface area contributed by atoms with E-state index in [4.69, 9.17) is 31.2 Å². The number of nitrogens with zero attached hydrogens (tertiary/aromatic N) is 6. The van der Waals surface area contributed by atoms with Crippen molar-refractivity contribution < 1.29 is 31.4 Å². The van der Waals surface area contributed by atoms with Crippen molar-refractivity contribution >= 4 is 34.0 Å². The highest BCUT2D eigenvalue weighted by atomic mass is 35.5. The van der Waals surface area contributed by atoms with E-state index in [2.05, 4.69) is 15.3 Å². The van der Waals surface area contributed by atoms with E-state index in [0.29, 0.717) is 59.1 Å². The average molecular weight is 702 g/mol. The minimum atomic E-state index is -4.20. The summed E-state index contributed by atoms with van der Waals surface area (Å²) in [4.78, 5) is 15.4. The van der Waals surface area contributed by atoms with Crippen LogP contribution in [0, 0.1) is 11.6 Å². The number of anilines is 2. The molecule has 1 N–H and O–H groups in total. The zero-order valence-corrected chi connectivity index (χ0v) is 27.2. The van der Waals surface area contributed by atoms with Crippen molar-refractivity contribution in [2.24, 2.45) is 0 Å². The number of hydrogen-bond acceptors (Lipinski definition) is 8. The highest BCUT2D eigenvalue weighted by molar-refractivity contribution is 6.33. The molecule has 9 nitrogen and oxygen atoms in total. The molecule has 1 fully saturated rings. The molecular formula is C34H33ClF5N7O2. The van der Waals surface area contributed by atoms with E-state index in [-0.39, 0.29) is 49.4 Å². The quantitative estimate of drug-likeness (QED) is 0.104. The standard InChI is InChI=1S/C34H33ClF5N7O2/c1-48-14-15-49-22-16-27(36)25(28(37)17-22)20-47-30-5-3-2-4-23(30)31(45-47)33-42-18-24(32(44-33)43-29-6-10-41-19-26(29)35)21-7-11-46(12-8-21)13-9-34(38,39)40/h2-6,10,16-19,21H,7-9,11-15,20H2,1H3,(H,41,42,43,44). The van der Waals surface area contributed by atoms with Crippen LogP contribution in [-0.4, -0.2) is 75.8 Å². The van der Waals surface area contributed by atoms with E-state index in [0.717, 1.165) is 17.7 Å². The molecule has 1 aliphatic heterocycles. The molecule has 0 atom stereocenters. The first kappa shape index (κ1) is 34.5. The maximum atomic E-state index is 15.2. The summed E-state index contributed by atoms with van der Waals surface area (Å²) >= 11 is 6.43. The molecule has 6 rings (SSSR count). The lowest BCUT2D eigenvalue weighted by Gasteiger charge is -2.32. The number of rotatable bonds is 12. The van der Waals surface area contributed by atoms with Gasteiger partial charge in [-0.3, -0.25) is 9.67 Å². The number of nitrogens with one attached hydrogen (secondary N) is 1. The minimum absolute atomic E-state index is 0.0269. The molecule has 0 radical (unpaired) electrons. The molecule has 1 saturated heterocycles. The Labute approximate surface area is 284 Å². The van der Waals surface area contributed by atoms with Crippen LogP contribution in [0.2, 0.25) is 5.02 Å². The van der Waals surface area contributed by atoms with Gasteiger partial charge in [0.15, 0.2) is 5.82 Å². The second-order valence-electron chi connectivity index (χ2n) is 11.7. The predicted octanol–water partition coefficient (Wildman–Crippen LogP) is 7.77. The summed E-state index contributed by atoms with van der Waals surface area (Å²) in [5.41, 5.74) is 2.16. The molecule has 49 heavy (non-hydrogen) atoms. The van der Waals surface area contributed by atoms with E-state index in [1.807, 2.05) is 17.0 Å². The minimum Gasteiger partial charge on any atom is -0.491 e. The Morgan fingerprint density at radius 1 is 1.02 bits per heavy atom. The Hall–Kier alpha value is -4.40. The highest BCUT2D eigenvalue weighted by Crippen LogP contribution is 2.37. The molecule has 0 saturated carbocycles. The molecule has 1 aliphatic rings. The third-order valence-corrected chi connectivity index (χ3v) is 8.73. The predicted molar refractivity (Wildman–Crippen MR) is 175 cm³/mol. The SMILES string of the molecule is COCCOc1cc(F)c(Cn2nc(-c3ncc(C4CCN(CCC(F)(F)F)CC4)c(Nc4ccncc4Cl)n3)c3ccccc32)c(F)c1. The van der Waals surface area contributed by atoms with Crippen molar-refractivity contribution in [3.63, 3.8) is 0 Å². The van der Waals surface area contributed by atoms with Gasteiger partial charge in [-0.05, 0) is 44.0 Å². The summed E-state index contributed by atoms with van der Waals surface area (Å²) in [6, 6.07) is 11.2. The second-order valence-corrected chi connectivity index (χ2v) is 12.1. The third-order valence-electron chi connectivity index (χ3n) is 8.43. The van der Waals surface area contributed by atoms with Crippen LogP contribution in [0.1, 0.15) is 36.3 Å². The van der Waals surface area contributed by atoms with Crippen LogP contribution < -0.4 is 10.1 Å². The summed E-state index contributed by atoms with van der Waals surface area (Å²) < 4.78 is 80.6. The number of fused-ring (bicyclic) bond motifs is 1. The van der Waals surface area contributed by atoms with Gasteiger partial charge in [0, 0.05) is 60.9 Å². The number of likely N-dealkylation sites (tertiary alicyclic amines) is 1. The lowest BCUT2D eigenvalue weighted by molar-refractivity contribution is -0.138. The first-order valence-corrected chi connectivity index (χ1v) is 16.1. The number of alkyl halides is 3. The first-order chi connectivity index (χ1) is 23.6. The monoisotopic (exact) mass is 701 g/mol. The summed E-state index contributed by atoms with van der Waals surface area (Å²) in [7, 11) is 1.50. The Morgan fingerprint density at radius 3 is 2.49 bits per heavy atom. The van der Waals surface area contributed by atoms with E-state index >= 15 is 8.78 Å². The lowest BCUT2D eigenvalue weighted by atomic mass is 9.90. The molecule has 5 aromatic rings. The maximum absolute atomic E-state index is 15.2. The van der Waals surface area contributed by atoms with Gasteiger partial charge in [-0.1, -0.05) is 29.8 Å². The smallest absolute Gasteiger partial charge is 0.390 e. The van der Waals surface area contributed by atoms with Gasteiger partial charge < -0.3 is 19.7 Å². The third kappa shape index (κ3) is 8.26. The van der Waals surface area contributed by atoms with Gasteiger partial charge >= 0.3 is 6.18 Å². The van der Waals surface area contributed by atoms with Crippen LogP contribution in [0.5, 0.6) is 5.75 Å². The number of halogens is 6. The van der Waals surface area contributed by atoms with Gasteiger partial charge in [0.05, 0.1) is 35.8 Å². The summed E-state index contributed by atoms with van der Waals surface area (Å²) in [5.74, 6) is -0.806. The normalized spacial score (nSPS) is 14.4. The Kier molecular flexibility index (Phi) is 10.6. The molecular weight excluding hydrogens is 669 g/mol. The molecule has 0 aliphatic carbocycles. The Bertz CT molecular complexity index is 1890.